The molecule has 0 aromatic carbocycles. The number of urea groups is 1. The summed E-state index contributed by atoms with van der Waals surface area (Å²) in [6.45, 7) is 6.53. The lowest BCUT2D eigenvalue weighted by molar-refractivity contribution is 0.134. The van der Waals surface area contributed by atoms with Gasteiger partial charge in [0.1, 0.15) is 0 Å². The largest absolute Gasteiger partial charge is 0.339 e. The number of rotatable bonds is 6. The van der Waals surface area contributed by atoms with Crippen molar-refractivity contribution >= 4 is 17.4 Å². The minimum atomic E-state index is 0.00465. The molecule has 1 aliphatic heterocycles. The third-order valence-electron chi connectivity index (χ3n) is 3.94. The first kappa shape index (κ1) is 16.8. The zero-order valence-corrected chi connectivity index (χ0v) is 14.6. The number of aromatic nitrogens is 3. The number of thiazole rings is 1. The summed E-state index contributed by atoms with van der Waals surface area (Å²) < 4.78 is 5.05. The number of hydrogen-bond acceptors (Lipinski definition) is 7. The Kier molecular flexibility index (Phi) is 5.76. The Morgan fingerprint density at radius 2 is 2.21 bits per heavy atom. The van der Waals surface area contributed by atoms with Gasteiger partial charge in [-0.3, -0.25) is 4.90 Å². The molecule has 24 heavy (non-hydrogen) atoms. The van der Waals surface area contributed by atoms with Gasteiger partial charge in [-0.2, -0.15) is 4.98 Å². The van der Waals surface area contributed by atoms with E-state index in [9.17, 15) is 4.79 Å². The predicted molar refractivity (Wildman–Crippen MR) is 89.7 cm³/mol. The summed E-state index contributed by atoms with van der Waals surface area (Å²) in [6.07, 6.45) is 1.47. The molecule has 0 spiro atoms. The molecular weight excluding hydrogens is 328 g/mol. The van der Waals surface area contributed by atoms with E-state index in [2.05, 4.69) is 30.7 Å². The second-order valence-corrected chi connectivity index (χ2v) is 6.53. The zero-order chi connectivity index (χ0) is 16.8. The minimum absolute atomic E-state index is 0.00465. The van der Waals surface area contributed by atoms with Crippen LogP contribution < -0.4 is 5.32 Å². The number of aryl methyl sites for hydroxylation is 2. The van der Waals surface area contributed by atoms with Crippen LogP contribution in [0.5, 0.6) is 0 Å². The number of piperazine rings is 1. The summed E-state index contributed by atoms with van der Waals surface area (Å²) in [4.78, 5) is 24.8. The average Bonchev–Trinajstić information content (AvgIpc) is 3.24. The third kappa shape index (κ3) is 4.75. The van der Waals surface area contributed by atoms with Crippen LogP contribution in [0.25, 0.3) is 0 Å². The summed E-state index contributed by atoms with van der Waals surface area (Å²) in [5.74, 6) is 1.27. The van der Waals surface area contributed by atoms with Gasteiger partial charge >= 0.3 is 6.03 Å². The van der Waals surface area contributed by atoms with Gasteiger partial charge < -0.3 is 14.7 Å². The van der Waals surface area contributed by atoms with Crippen molar-refractivity contribution in [1.82, 2.24) is 30.2 Å². The summed E-state index contributed by atoms with van der Waals surface area (Å²) in [6, 6.07) is 0.00465. The zero-order valence-electron chi connectivity index (χ0n) is 13.8. The van der Waals surface area contributed by atoms with Gasteiger partial charge in [0, 0.05) is 51.1 Å². The first-order valence-electron chi connectivity index (χ1n) is 8.12. The number of hydrogen-bond donors (Lipinski definition) is 1. The molecule has 0 unspecified atom stereocenters. The summed E-state index contributed by atoms with van der Waals surface area (Å²) in [7, 11) is 0. The number of carbonyl (C=O) groups is 1. The van der Waals surface area contributed by atoms with Gasteiger partial charge in [0.05, 0.1) is 11.2 Å². The van der Waals surface area contributed by atoms with Crippen LogP contribution in [0, 0.1) is 6.92 Å². The van der Waals surface area contributed by atoms with Gasteiger partial charge in [-0.15, -0.1) is 11.3 Å². The Balaban J connectivity index is 1.31. The minimum Gasteiger partial charge on any atom is -0.339 e. The molecule has 2 aromatic rings. The smallest absolute Gasteiger partial charge is 0.317 e. The maximum Gasteiger partial charge on any atom is 0.317 e. The number of nitrogens with one attached hydrogen (secondary N) is 1. The summed E-state index contributed by atoms with van der Waals surface area (Å²) >= 11 is 1.62. The van der Waals surface area contributed by atoms with E-state index in [-0.39, 0.29) is 6.03 Å². The van der Waals surface area contributed by atoms with E-state index in [0.29, 0.717) is 24.7 Å². The molecule has 3 heterocycles. The van der Waals surface area contributed by atoms with Crippen LogP contribution in [-0.2, 0) is 13.0 Å². The fourth-order valence-corrected chi connectivity index (χ4v) is 3.19. The molecule has 1 saturated heterocycles. The molecule has 2 amide bonds. The van der Waals surface area contributed by atoms with Gasteiger partial charge in [-0.25, -0.2) is 9.78 Å². The van der Waals surface area contributed by atoms with Crippen molar-refractivity contribution in [3.8, 4) is 0 Å². The second-order valence-electron chi connectivity index (χ2n) is 5.81. The average molecular weight is 350 g/mol. The van der Waals surface area contributed by atoms with Gasteiger partial charge in [-0.1, -0.05) is 5.16 Å². The first-order valence-corrected chi connectivity index (χ1v) is 9.06. The maximum atomic E-state index is 12.2. The highest BCUT2D eigenvalue weighted by Crippen LogP contribution is 2.09. The van der Waals surface area contributed by atoms with Crippen LogP contribution in [0.15, 0.2) is 15.4 Å². The lowest BCUT2D eigenvalue weighted by Crippen LogP contribution is -2.51. The van der Waals surface area contributed by atoms with Crippen molar-refractivity contribution in [1.29, 1.82) is 0 Å². The van der Waals surface area contributed by atoms with Crippen molar-refractivity contribution in [2.45, 2.75) is 26.3 Å². The van der Waals surface area contributed by atoms with Gasteiger partial charge in [0.2, 0.25) is 5.89 Å². The number of carbonyl (C=O) groups excluding carboxylic acids is 1. The first-order chi connectivity index (χ1) is 11.7. The van der Waals surface area contributed by atoms with Crippen LogP contribution in [0.4, 0.5) is 4.79 Å². The third-order valence-corrected chi connectivity index (χ3v) is 4.58. The molecule has 2 aromatic heterocycles. The summed E-state index contributed by atoms with van der Waals surface area (Å²) in [5.41, 5.74) is 2.96. The summed E-state index contributed by atoms with van der Waals surface area (Å²) in [5, 5.41) is 8.78. The molecule has 8 nitrogen and oxygen atoms in total. The lowest BCUT2D eigenvalue weighted by Gasteiger charge is -2.34. The molecule has 0 bridgehead atoms. The highest BCUT2D eigenvalue weighted by atomic mass is 32.1. The normalized spacial score (nSPS) is 15.6. The molecule has 1 fully saturated rings. The molecule has 0 saturated carbocycles. The highest BCUT2D eigenvalue weighted by Gasteiger charge is 2.21. The van der Waals surface area contributed by atoms with Gasteiger partial charge in [0.15, 0.2) is 5.82 Å². The Bertz CT molecular complexity index is 636. The predicted octanol–water partition coefficient (Wildman–Crippen LogP) is 1.29. The van der Waals surface area contributed by atoms with E-state index < -0.39 is 0 Å². The Morgan fingerprint density at radius 3 is 2.88 bits per heavy atom. The monoisotopic (exact) mass is 350 g/mol. The SMILES string of the molecule is Cc1noc(CCCNC(=O)N2CCN(Cc3cscn3)CC2)n1. The van der Waals surface area contributed by atoms with Gasteiger partial charge in [0.25, 0.3) is 0 Å². The maximum absolute atomic E-state index is 12.2. The number of amides is 2. The van der Waals surface area contributed by atoms with E-state index in [0.717, 1.165) is 44.8 Å². The molecule has 9 heteroatoms. The van der Waals surface area contributed by atoms with E-state index in [1.165, 1.54) is 0 Å². The van der Waals surface area contributed by atoms with E-state index in [4.69, 9.17) is 4.52 Å². The van der Waals surface area contributed by atoms with Crippen LogP contribution in [0.1, 0.15) is 23.8 Å². The molecular formula is C15H22N6O2S. The van der Waals surface area contributed by atoms with E-state index in [1.807, 2.05) is 10.4 Å². The van der Waals surface area contributed by atoms with E-state index in [1.54, 1.807) is 18.3 Å². The van der Waals surface area contributed by atoms with Crippen molar-refractivity contribution in [2.75, 3.05) is 32.7 Å². The molecule has 1 aliphatic rings. The lowest BCUT2D eigenvalue weighted by atomic mass is 10.3. The molecule has 0 atom stereocenters. The van der Waals surface area contributed by atoms with Crippen LogP contribution >= 0.6 is 11.3 Å². The van der Waals surface area contributed by atoms with Crippen molar-refractivity contribution in [3.63, 3.8) is 0 Å². The van der Waals surface area contributed by atoms with Crippen molar-refractivity contribution < 1.29 is 9.32 Å². The van der Waals surface area contributed by atoms with Crippen molar-refractivity contribution in [2.24, 2.45) is 0 Å². The van der Waals surface area contributed by atoms with E-state index >= 15 is 0 Å². The fourth-order valence-electron chi connectivity index (χ4n) is 2.64. The topological polar surface area (TPSA) is 87.4 Å². The van der Waals surface area contributed by atoms with Crippen LogP contribution in [-0.4, -0.2) is 63.7 Å². The van der Waals surface area contributed by atoms with Crippen molar-refractivity contribution in [3.05, 3.63) is 28.3 Å². The molecule has 130 valence electrons. The highest BCUT2D eigenvalue weighted by molar-refractivity contribution is 7.07. The van der Waals surface area contributed by atoms with Crippen LogP contribution in [0.2, 0.25) is 0 Å². The quantitative estimate of drug-likeness (QED) is 0.790. The molecule has 3 rings (SSSR count). The number of nitrogens with zero attached hydrogens (tertiary/aromatic N) is 5. The standard InChI is InChI=1S/C15H22N6O2S/c1-12-18-14(23-19-12)3-2-4-16-15(22)21-7-5-20(6-8-21)9-13-10-24-11-17-13/h10-11H,2-9H2,1H3,(H,16,22). The Labute approximate surface area is 144 Å². The second kappa shape index (κ2) is 8.20. The Hall–Kier alpha value is -2.00. The molecule has 1 N–H and O–H groups in total. The molecule has 0 aliphatic carbocycles. The fraction of sp³-hybridized carbons (Fsp3) is 0.600. The Morgan fingerprint density at radius 1 is 1.38 bits per heavy atom. The molecule has 0 radical (unpaired) electrons. The van der Waals surface area contributed by atoms with Gasteiger partial charge in [-0.05, 0) is 13.3 Å². The van der Waals surface area contributed by atoms with Crippen LogP contribution in [0.3, 0.4) is 0 Å².